The summed E-state index contributed by atoms with van der Waals surface area (Å²) >= 11 is 0. The number of fused-ring (bicyclic) bond motifs is 1. The van der Waals surface area contributed by atoms with Gasteiger partial charge >= 0.3 is 5.97 Å². The number of hydrogen-bond acceptors (Lipinski definition) is 4. The fourth-order valence-corrected chi connectivity index (χ4v) is 1.62. The summed E-state index contributed by atoms with van der Waals surface area (Å²) in [7, 11) is 0. The van der Waals surface area contributed by atoms with Crippen LogP contribution in [0.1, 0.15) is 19.8 Å². The van der Waals surface area contributed by atoms with E-state index in [1.54, 1.807) is 19.3 Å². The lowest BCUT2D eigenvalue weighted by atomic mass is 10.1. The SMILES string of the molecule is CCOC(=O)C1=c2nccnc2=CCC1. The lowest BCUT2D eigenvalue weighted by molar-refractivity contribution is -0.136. The molecular weight excluding hydrogens is 192 g/mol. The van der Waals surface area contributed by atoms with Gasteiger partial charge in [0.05, 0.1) is 22.9 Å². The zero-order chi connectivity index (χ0) is 10.7. The summed E-state index contributed by atoms with van der Waals surface area (Å²) in [6, 6.07) is 0. The van der Waals surface area contributed by atoms with Crippen molar-refractivity contribution in [2.75, 3.05) is 6.61 Å². The Hall–Kier alpha value is -1.71. The fraction of sp³-hybridized carbons (Fsp3) is 0.364. The van der Waals surface area contributed by atoms with E-state index in [2.05, 4.69) is 9.97 Å². The maximum Gasteiger partial charge on any atom is 0.336 e. The molecule has 0 fully saturated rings. The molecule has 0 spiro atoms. The van der Waals surface area contributed by atoms with E-state index >= 15 is 0 Å². The molecule has 0 N–H and O–H groups in total. The van der Waals surface area contributed by atoms with Crippen molar-refractivity contribution >= 4 is 17.6 Å². The third kappa shape index (κ3) is 1.88. The van der Waals surface area contributed by atoms with Crippen molar-refractivity contribution in [3.63, 3.8) is 0 Å². The zero-order valence-corrected chi connectivity index (χ0v) is 8.56. The number of aromatic nitrogens is 2. The minimum atomic E-state index is -0.271. The minimum absolute atomic E-state index is 0.271. The van der Waals surface area contributed by atoms with Gasteiger partial charge in [-0.25, -0.2) is 4.79 Å². The van der Waals surface area contributed by atoms with E-state index in [-0.39, 0.29) is 5.97 Å². The lowest BCUT2D eigenvalue weighted by Gasteiger charge is -2.08. The first-order valence-corrected chi connectivity index (χ1v) is 5.00. The maximum absolute atomic E-state index is 11.6. The summed E-state index contributed by atoms with van der Waals surface area (Å²) in [5.41, 5.74) is 0.641. The Balaban J connectivity index is 2.56. The molecule has 1 aliphatic rings. The van der Waals surface area contributed by atoms with Gasteiger partial charge < -0.3 is 4.74 Å². The first-order chi connectivity index (χ1) is 7.33. The molecule has 15 heavy (non-hydrogen) atoms. The number of esters is 1. The van der Waals surface area contributed by atoms with Crippen LogP contribution in [0.2, 0.25) is 0 Å². The van der Waals surface area contributed by atoms with E-state index in [9.17, 15) is 4.79 Å². The largest absolute Gasteiger partial charge is 0.463 e. The van der Waals surface area contributed by atoms with Crippen molar-refractivity contribution in [3.05, 3.63) is 23.1 Å². The standard InChI is InChI=1S/C11H12N2O2/c1-2-15-11(14)8-4-3-5-9-10(8)13-7-6-12-9/h5-7H,2-4H2,1H3. The Bertz CT molecular complexity index is 494. The molecule has 1 aromatic heterocycles. The molecular formula is C11H12N2O2. The summed E-state index contributed by atoms with van der Waals surface area (Å²) in [5, 5.41) is 1.45. The molecule has 0 atom stereocenters. The topological polar surface area (TPSA) is 52.1 Å². The van der Waals surface area contributed by atoms with Crippen molar-refractivity contribution in [2.45, 2.75) is 19.8 Å². The molecule has 0 aliphatic heterocycles. The second-order valence-corrected chi connectivity index (χ2v) is 3.23. The Morgan fingerprint density at radius 3 is 3.07 bits per heavy atom. The van der Waals surface area contributed by atoms with Crippen LogP contribution < -0.4 is 10.7 Å². The number of carbonyl (C=O) groups is 1. The van der Waals surface area contributed by atoms with Crippen LogP contribution in [0, 0.1) is 0 Å². The molecule has 1 aliphatic carbocycles. The molecule has 4 nitrogen and oxygen atoms in total. The lowest BCUT2D eigenvalue weighted by Crippen LogP contribution is -2.37. The number of ether oxygens (including phenoxy) is 1. The number of nitrogens with zero attached hydrogens (tertiary/aromatic N) is 2. The van der Waals surface area contributed by atoms with Gasteiger partial charge in [-0.2, -0.15) is 0 Å². The van der Waals surface area contributed by atoms with Crippen LogP contribution in [0.5, 0.6) is 0 Å². The molecule has 0 bridgehead atoms. The molecule has 0 unspecified atom stereocenters. The van der Waals surface area contributed by atoms with Crippen LogP contribution in [0.25, 0.3) is 11.6 Å². The molecule has 1 heterocycles. The summed E-state index contributed by atoms with van der Waals surface area (Å²) in [4.78, 5) is 20.0. The van der Waals surface area contributed by atoms with Crippen LogP contribution >= 0.6 is 0 Å². The second-order valence-electron chi connectivity index (χ2n) is 3.23. The van der Waals surface area contributed by atoms with Crippen molar-refractivity contribution in [1.82, 2.24) is 9.97 Å². The number of rotatable bonds is 2. The van der Waals surface area contributed by atoms with Gasteiger partial charge in [-0.3, -0.25) is 9.97 Å². The fourth-order valence-electron chi connectivity index (χ4n) is 1.62. The van der Waals surface area contributed by atoms with E-state index in [0.717, 1.165) is 11.8 Å². The van der Waals surface area contributed by atoms with Crippen LogP contribution in [-0.2, 0) is 9.53 Å². The Morgan fingerprint density at radius 2 is 2.27 bits per heavy atom. The van der Waals surface area contributed by atoms with Crippen molar-refractivity contribution < 1.29 is 9.53 Å². The summed E-state index contributed by atoms with van der Waals surface area (Å²) in [6.45, 7) is 2.19. The molecule has 1 aromatic rings. The third-order valence-electron chi connectivity index (χ3n) is 2.27. The van der Waals surface area contributed by atoms with E-state index in [4.69, 9.17) is 4.74 Å². The molecule has 0 radical (unpaired) electrons. The van der Waals surface area contributed by atoms with Gasteiger partial charge in [0.15, 0.2) is 0 Å². The number of carbonyl (C=O) groups excluding carboxylic acids is 1. The maximum atomic E-state index is 11.6. The van der Waals surface area contributed by atoms with E-state index < -0.39 is 0 Å². The van der Waals surface area contributed by atoms with Crippen molar-refractivity contribution in [3.8, 4) is 0 Å². The highest BCUT2D eigenvalue weighted by Gasteiger charge is 2.15. The molecule has 2 rings (SSSR count). The van der Waals surface area contributed by atoms with Crippen molar-refractivity contribution in [1.29, 1.82) is 0 Å². The first kappa shape index (κ1) is 9.83. The zero-order valence-electron chi connectivity index (χ0n) is 8.56. The summed E-state index contributed by atoms with van der Waals surface area (Å²) in [6.07, 6.45) is 6.72. The van der Waals surface area contributed by atoms with Crippen molar-refractivity contribution in [2.24, 2.45) is 0 Å². The predicted octanol–water partition coefficient (Wildman–Crippen LogP) is -0.235. The van der Waals surface area contributed by atoms with Gasteiger partial charge in [0.2, 0.25) is 0 Å². The summed E-state index contributed by atoms with van der Waals surface area (Å²) in [5.74, 6) is -0.271. The molecule has 4 heteroatoms. The highest BCUT2D eigenvalue weighted by Crippen LogP contribution is 2.08. The van der Waals surface area contributed by atoms with Gasteiger partial charge in [0, 0.05) is 12.4 Å². The highest BCUT2D eigenvalue weighted by molar-refractivity contribution is 6.09. The molecule has 0 saturated carbocycles. The highest BCUT2D eigenvalue weighted by atomic mass is 16.5. The number of hydrogen-bond donors (Lipinski definition) is 0. The van der Waals surface area contributed by atoms with Gasteiger partial charge in [-0.1, -0.05) is 6.08 Å². The third-order valence-corrected chi connectivity index (χ3v) is 2.27. The van der Waals surface area contributed by atoms with Gasteiger partial charge in [-0.15, -0.1) is 0 Å². The van der Waals surface area contributed by atoms with Crippen LogP contribution in [-0.4, -0.2) is 22.5 Å². The molecule has 0 aromatic carbocycles. The van der Waals surface area contributed by atoms with E-state index in [0.29, 0.717) is 23.9 Å². The predicted molar refractivity (Wildman–Crippen MR) is 55.0 cm³/mol. The molecule has 0 amide bonds. The average Bonchev–Trinajstić information content (AvgIpc) is 2.28. The van der Waals surface area contributed by atoms with Crippen LogP contribution in [0.3, 0.4) is 0 Å². The normalized spacial score (nSPS) is 14.1. The summed E-state index contributed by atoms with van der Waals surface area (Å²) < 4.78 is 4.98. The second kappa shape index (κ2) is 4.21. The quantitative estimate of drug-likeness (QED) is 0.624. The Labute approximate surface area is 87.3 Å². The Morgan fingerprint density at radius 1 is 1.47 bits per heavy atom. The van der Waals surface area contributed by atoms with Crippen LogP contribution in [0.15, 0.2) is 12.4 Å². The smallest absolute Gasteiger partial charge is 0.336 e. The first-order valence-electron chi connectivity index (χ1n) is 5.00. The van der Waals surface area contributed by atoms with Gasteiger partial charge in [0.1, 0.15) is 0 Å². The van der Waals surface area contributed by atoms with E-state index in [1.807, 2.05) is 6.08 Å². The van der Waals surface area contributed by atoms with E-state index in [1.165, 1.54) is 0 Å². The molecule has 0 saturated heterocycles. The van der Waals surface area contributed by atoms with Gasteiger partial charge in [0.25, 0.3) is 0 Å². The van der Waals surface area contributed by atoms with Crippen LogP contribution in [0.4, 0.5) is 0 Å². The average molecular weight is 204 g/mol. The minimum Gasteiger partial charge on any atom is -0.463 e. The molecule has 78 valence electrons. The Kier molecular flexibility index (Phi) is 2.76. The monoisotopic (exact) mass is 204 g/mol. The van der Waals surface area contributed by atoms with Gasteiger partial charge in [-0.05, 0) is 19.8 Å².